The summed E-state index contributed by atoms with van der Waals surface area (Å²) in [6.07, 6.45) is 0.530. The average molecular weight is 347 g/mol. The first-order valence-corrected chi connectivity index (χ1v) is 6.45. The van der Waals surface area contributed by atoms with Gasteiger partial charge in [0.2, 0.25) is 0 Å². The third kappa shape index (κ3) is 5.39. The molecule has 0 saturated heterocycles. The molecule has 0 unspecified atom stereocenters. The van der Waals surface area contributed by atoms with Crippen molar-refractivity contribution in [1.29, 1.82) is 0 Å². The van der Waals surface area contributed by atoms with Crippen molar-refractivity contribution < 1.29 is 32.6 Å². The number of amides is 1. The first kappa shape index (κ1) is 17.5. The van der Waals surface area contributed by atoms with Crippen molar-refractivity contribution in [2.45, 2.75) is 19.5 Å². The molecule has 1 amide bonds. The van der Waals surface area contributed by atoms with Gasteiger partial charge in [-0.3, -0.25) is 14.3 Å². The lowest BCUT2D eigenvalue weighted by molar-refractivity contribution is -0.182. The molecule has 0 aliphatic carbocycles. The molecule has 2 N–H and O–H groups in total. The summed E-state index contributed by atoms with van der Waals surface area (Å²) in [7, 11) is 0. The third-order valence-corrected chi connectivity index (χ3v) is 2.57. The smallest absolute Gasteiger partial charge is 0.411 e. The summed E-state index contributed by atoms with van der Waals surface area (Å²) in [5.74, 6) is -1.67. The number of hydrogen-bond donors (Lipinski definition) is 2. The largest absolute Gasteiger partial charge is 0.480 e. The van der Waals surface area contributed by atoms with Crippen molar-refractivity contribution in [3.8, 4) is 0 Å². The van der Waals surface area contributed by atoms with Crippen LogP contribution in [0.15, 0.2) is 24.8 Å². The minimum atomic E-state index is -4.43. The van der Waals surface area contributed by atoms with E-state index >= 15 is 0 Å². The lowest BCUT2D eigenvalue weighted by Gasteiger charge is -2.07. The van der Waals surface area contributed by atoms with Gasteiger partial charge in [0.25, 0.3) is 5.91 Å². The fourth-order valence-electron chi connectivity index (χ4n) is 1.66. The van der Waals surface area contributed by atoms with E-state index < -0.39 is 31.4 Å². The van der Waals surface area contributed by atoms with Crippen molar-refractivity contribution in [2.24, 2.45) is 0 Å². The molecule has 2 rings (SSSR count). The SMILES string of the molecule is O=C(O)Cn1cc(C(=O)Nc2cnn(COCC(F)(F)F)c2)cn1. The van der Waals surface area contributed by atoms with Gasteiger partial charge in [-0.25, -0.2) is 4.68 Å². The van der Waals surface area contributed by atoms with E-state index in [1.54, 1.807) is 0 Å². The maximum Gasteiger partial charge on any atom is 0.411 e. The van der Waals surface area contributed by atoms with E-state index in [1.807, 2.05) is 0 Å². The maximum atomic E-state index is 11.9. The fraction of sp³-hybridized carbons (Fsp3) is 0.333. The molecule has 0 atom stereocenters. The predicted molar refractivity (Wildman–Crippen MR) is 72.1 cm³/mol. The molecule has 0 saturated carbocycles. The number of carboxylic acid groups (broad SMARTS) is 1. The number of hydrogen-bond acceptors (Lipinski definition) is 5. The van der Waals surface area contributed by atoms with Gasteiger partial charge in [-0.05, 0) is 0 Å². The standard InChI is InChI=1S/C12H12F3N5O4/c13-12(14,15)6-24-7-20-4-9(2-17-20)18-11(23)8-1-16-19(3-8)5-10(21)22/h1-4H,5-7H2,(H,18,23)(H,21,22). The molecular formula is C12H12F3N5O4. The summed E-state index contributed by atoms with van der Waals surface area (Å²) in [6, 6.07) is 0. The highest BCUT2D eigenvalue weighted by Gasteiger charge is 2.27. The number of halogens is 3. The number of ether oxygens (including phenoxy) is 1. The minimum absolute atomic E-state index is 0.123. The van der Waals surface area contributed by atoms with Crippen molar-refractivity contribution in [3.05, 3.63) is 30.4 Å². The zero-order valence-corrected chi connectivity index (χ0v) is 12.0. The van der Waals surface area contributed by atoms with Crippen LogP contribution in [0.5, 0.6) is 0 Å². The number of nitrogens with one attached hydrogen (secondary N) is 1. The average Bonchev–Trinajstić information content (AvgIpc) is 3.06. The van der Waals surface area contributed by atoms with E-state index in [0.29, 0.717) is 0 Å². The van der Waals surface area contributed by atoms with Gasteiger partial charge in [0.1, 0.15) is 19.9 Å². The van der Waals surface area contributed by atoms with Crippen LogP contribution in [0.4, 0.5) is 18.9 Å². The minimum Gasteiger partial charge on any atom is -0.480 e. The lowest BCUT2D eigenvalue weighted by Crippen LogP contribution is -2.18. The Hall–Kier alpha value is -2.89. The molecule has 0 radical (unpaired) electrons. The molecule has 2 heterocycles. The summed E-state index contributed by atoms with van der Waals surface area (Å²) in [6.45, 7) is -2.22. The van der Waals surface area contributed by atoms with Gasteiger partial charge < -0.3 is 15.2 Å². The zero-order valence-electron chi connectivity index (χ0n) is 12.0. The molecule has 24 heavy (non-hydrogen) atoms. The molecule has 9 nitrogen and oxygen atoms in total. The number of alkyl halides is 3. The molecule has 0 fully saturated rings. The van der Waals surface area contributed by atoms with Crippen molar-refractivity contribution in [1.82, 2.24) is 19.6 Å². The lowest BCUT2D eigenvalue weighted by atomic mass is 10.3. The van der Waals surface area contributed by atoms with E-state index in [9.17, 15) is 22.8 Å². The quantitative estimate of drug-likeness (QED) is 0.771. The molecule has 0 aliphatic rings. The van der Waals surface area contributed by atoms with Crippen molar-refractivity contribution in [3.63, 3.8) is 0 Å². The Balaban J connectivity index is 1.88. The summed E-state index contributed by atoms with van der Waals surface area (Å²) >= 11 is 0. The molecular weight excluding hydrogens is 335 g/mol. The number of aromatic nitrogens is 4. The third-order valence-electron chi connectivity index (χ3n) is 2.57. The Labute approximate surface area is 132 Å². The number of anilines is 1. The van der Waals surface area contributed by atoms with Crippen LogP contribution in [-0.2, 0) is 22.8 Å². The second kappa shape index (κ2) is 7.12. The normalized spacial score (nSPS) is 11.5. The maximum absolute atomic E-state index is 11.9. The predicted octanol–water partition coefficient (Wildman–Crippen LogP) is 0.953. The van der Waals surface area contributed by atoms with E-state index in [1.165, 1.54) is 24.8 Å². The Morgan fingerprint density at radius 2 is 1.92 bits per heavy atom. The summed E-state index contributed by atoms with van der Waals surface area (Å²) < 4.78 is 42.4. The first-order chi connectivity index (χ1) is 11.2. The summed E-state index contributed by atoms with van der Waals surface area (Å²) in [5, 5.41) is 18.5. The highest BCUT2D eigenvalue weighted by atomic mass is 19.4. The fourth-order valence-corrected chi connectivity index (χ4v) is 1.66. The molecule has 0 aliphatic heterocycles. The zero-order chi connectivity index (χ0) is 17.7. The topological polar surface area (TPSA) is 111 Å². The number of carbonyl (C=O) groups excluding carboxylic acids is 1. The van der Waals surface area contributed by atoms with E-state index in [-0.39, 0.29) is 17.8 Å². The van der Waals surface area contributed by atoms with E-state index in [4.69, 9.17) is 5.11 Å². The van der Waals surface area contributed by atoms with Gasteiger partial charge in [0.15, 0.2) is 0 Å². The van der Waals surface area contributed by atoms with Gasteiger partial charge in [0.05, 0.1) is 29.8 Å². The molecule has 0 bridgehead atoms. The molecule has 130 valence electrons. The molecule has 0 spiro atoms. The van der Waals surface area contributed by atoms with Crippen LogP contribution in [0.25, 0.3) is 0 Å². The van der Waals surface area contributed by atoms with Crippen molar-refractivity contribution >= 4 is 17.6 Å². The van der Waals surface area contributed by atoms with Crippen molar-refractivity contribution in [2.75, 3.05) is 11.9 Å². The molecule has 2 aromatic rings. The summed E-state index contributed by atoms with van der Waals surface area (Å²) in [4.78, 5) is 22.5. The van der Waals surface area contributed by atoms with Crippen LogP contribution in [-0.4, -0.2) is 49.3 Å². The van der Waals surface area contributed by atoms with Crippen LogP contribution in [0.2, 0.25) is 0 Å². The van der Waals surface area contributed by atoms with E-state index in [2.05, 4.69) is 20.3 Å². The summed E-state index contributed by atoms with van der Waals surface area (Å²) in [5.41, 5.74) is 0.360. The van der Waals surface area contributed by atoms with Crippen LogP contribution < -0.4 is 5.32 Å². The Bertz CT molecular complexity index is 724. The van der Waals surface area contributed by atoms with Gasteiger partial charge in [-0.2, -0.15) is 23.4 Å². The second-order valence-corrected chi connectivity index (χ2v) is 4.64. The van der Waals surface area contributed by atoms with Crippen LogP contribution >= 0.6 is 0 Å². The number of aliphatic carboxylic acids is 1. The van der Waals surface area contributed by atoms with Gasteiger partial charge in [-0.1, -0.05) is 0 Å². The Morgan fingerprint density at radius 1 is 1.21 bits per heavy atom. The number of rotatable bonds is 7. The van der Waals surface area contributed by atoms with E-state index in [0.717, 1.165) is 9.36 Å². The molecule has 2 aromatic heterocycles. The number of nitrogens with zero attached hydrogens (tertiary/aromatic N) is 4. The Kier molecular flexibility index (Phi) is 5.18. The second-order valence-electron chi connectivity index (χ2n) is 4.64. The monoisotopic (exact) mass is 347 g/mol. The number of carboxylic acids is 1. The van der Waals surface area contributed by atoms with Crippen LogP contribution in [0.3, 0.4) is 0 Å². The highest BCUT2D eigenvalue weighted by Crippen LogP contribution is 2.15. The number of carbonyl (C=O) groups is 2. The Morgan fingerprint density at radius 3 is 2.58 bits per heavy atom. The first-order valence-electron chi connectivity index (χ1n) is 6.45. The molecule has 12 heteroatoms. The van der Waals surface area contributed by atoms with Crippen LogP contribution in [0, 0.1) is 0 Å². The van der Waals surface area contributed by atoms with Gasteiger partial charge >= 0.3 is 12.1 Å². The van der Waals surface area contributed by atoms with Gasteiger partial charge in [-0.15, -0.1) is 0 Å². The molecule has 0 aromatic carbocycles. The van der Waals surface area contributed by atoms with Gasteiger partial charge in [0, 0.05) is 6.20 Å². The van der Waals surface area contributed by atoms with Crippen LogP contribution in [0.1, 0.15) is 10.4 Å². The highest BCUT2D eigenvalue weighted by molar-refractivity contribution is 6.03.